The molecule has 0 heterocycles. The van der Waals surface area contributed by atoms with Gasteiger partial charge in [-0.3, -0.25) is 9.59 Å². The van der Waals surface area contributed by atoms with Gasteiger partial charge in [0.2, 0.25) is 11.8 Å². The molecule has 3 aromatic carbocycles. The lowest BCUT2D eigenvalue weighted by atomic mass is 10.0. The van der Waals surface area contributed by atoms with Crippen LogP contribution in [0.4, 0.5) is 0 Å². The maximum absolute atomic E-state index is 13.8. The van der Waals surface area contributed by atoms with Crippen LogP contribution >= 0.6 is 11.6 Å². The number of carbonyl (C=O) groups excluding carboxylic acids is 2. The maximum Gasteiger partial charge on any atom is 0.247 e. The van der Waals surface area contributed by atoms with Gasteiger partial charge in [-0.05, 0) is 47.4 Å². The molecular weight excluding hydrogens is 476 g/mol. The van der Waals surface area contributed by atoms with E-state index in [-0.39, 0.29) is 24.8 Å². The number of rotatable bonds is 12. The zero-order chi connectivity index (χ0) is 25.9. The molecule has 0 aromatic heterocycles. The fourth-order valence-electron chi connectivity index (χ4n) is 3.97. The van der Waals surface area contributed by atoms with Crippen molar-refractivity contribution in [1.82, 2.24) is 10.2 Å². The van der Waals surface area contributed by atoms with E-state index < -0.39 is 6.04 Å². The third-order valence-electron chi connectivity index (χ3n) is 5.89. The summed E-state index contributed by atoms with van der Waals surface area (Å²) >= 11 is 6.08. The van der Waals surface area contributed by atoms with Crippen molar-refractivity contribution in [2.75, 3.05) is 20.8 Å². The second-order valence-corrected chi connectivity index (χ2v) is 8.91. The molecule has 190 valence electrons. The van der Waals surface area contributed by atoms with E-state index in [2.05, 4.69) is 12.2 Å². The van der Waals surface area contributed by atoms with Gasteiger partial charge in [0.1, 0.15) is 6.04 Å². The Hall–Kier alpha value is -3.51. The number of amides is 2. The molecule has 3 rings (SSSR count). The van der Waals surface area contributed by atoms with Crippen LogP contribution in [-0.4, -0.2) is 37.5 Å². The van der Waals surface area contributed by atoms with Gasteiger partial charge in [-0.1, -0.05) is 73.5 Å². The SMILES string of the molecule is CCCCNC(=O)[C@@H](c1ccccc1)N(Cc1ccc(Cl)cc1)C(=O)Cc1ccc(OC)c(OC)c1. The van der Waals surface area contributed by atoms with Gasteiger partial charge in [-0.15, -0.1) is 0 Å². The molecule has 0 bridgehead atoms. The molecule has 0 aliphatic carbocycles. The highest BCUT2D eigenvalue weighted by Gasteiger charge is 2.31. The summed E-state index contributed by atoms with van der Waals surface area (Å²) in [6.45, 7) is 2.88. The Kier molecular flexibility index (Phi) is 10.2. The van der Waals surface area contributed by atoms with Crippen molar-refractivity contribution >= 4 is 23.4 Å². The molecule has 36 heavy (non-hydrogen) atoms. The van der Waals surface area contributed by atoms with Crippen molar-refractivity contribution in [3.05, 3.63) is 94.5 Å². The normalized spacial score (nSPS) is 11.4. The molecule has 0 spiro atoms. The van der Waals surface area contributed by atoms with Crippen molar-refractivity contribution < 1.29 is 19.1 Å². The molecule has 7 heteroatoms. The van der Waals surface area contributed by atoms with E-state index in [0.29, 0.717) is 23.1 Å². The Bertz CT molecular complexity index is 1140. The Labute approximate surface area is 218 Å². The van der Waals surface area contributed by atoms with Crippen LogP contribution in [-0.2, 0) is 22.6 Å². The number of benzene rings is 3. The molecule has 0 fully saturated rings. The van der Waals surface area contributed by atoms with Crippen molar-refractivity contribution in [3.8, 4) is 11.5 Å². The van der Waals surface area contributed by atoms with E-state index in [1.807, 2.05) is 48.5 Å². The van der Waals surface area contributed by atoms with Crippen LogP contribution < -0.4 is 14.8 Å². The molecule has 0 aliphatic rings. The number of hydrogen-bond donors (Lipinski definition) is 1. The monoisotopic (exact) mass is 508 g/mol. The summed E-state index contributed by atoms with van der Waals surface area (Å²) in [4.78, 5) is 29.0. The predicted molar refractivity (Wildman–Crippen MR) is 142 cm³/mol. The fraction of sp³-hybridized carbons (Fsp3) is 0.310. The van der Waals surface area contributed by atoms with Crippen LogP contribution in [0.25, 0.3) is 0 Å². The Balaban J connectivity index is 1.98. The Morgan fingerprint density at radius 1 is 0.917 bits per heavy atom. The number of unbranched alkanes of at least 4 members (excludes halogenated alkanes) is 1. The van der Waals surface area contributed by atoms with Crippen LogP contribution in [0.1, 0.15) is 42.5 Å². The van der Waals surface area contributed by atoms with Gasteiger partial charge in [-0.2, -0.15) is 0 Å². The van der Waals surface area contributed by atoms with E-state index in [9.17, 15) is 9.59 Å². The molecule has 1 atom stereocenters. The summed E-state index contributed by atoms with van der Waals surface area (Å²) in [5, 5.41) is 3.63. The predicted octanol–water partition coefficient (Wildman–Crippen LogP) is 5.59. The molecule has 3 aromatic rings. The van der Waals surface area contributed by atoms with E-state index >= 15 is 0 Å². The second-order valence-electron chi connectivity index (χ2n) is 8.47. The number of ether oxygens (including phenoxy) is 2. The largest absolute Gasteiger partial charge is 0.493 e. The molecular formula is C29H33ClN2O4. The first-order valence-corrected chi connectivity index (χ1v) is 12.4. The Morgan fingerprint density at radius 2 is 1.58 bits per heavy atom. The molecule has 0 radical (unpaired) electrons. The third-order valence-corrected chi connectivity index (χ3v) is 6.15. The quantitative estimate of drug-likeness (QED) is 0.324. The zero-order valence-electron chi connectivity index (χ0n) is 21.0. The zero-order valence-corrected chi connectivity index (χ0v) is 21.8. The summed E-state index contributed by atoms with van der Waals surface area (Å²) in [5.74, 6) is 0.745. The van der Waals surface area contributed by atoms with Gasteiger partial charge in [0.15, 0.2) is 11.5 Å². The van der Waals surface area contributed by atoms with Crippen LogP contribution in [0, 0.1) is 0 Å². The summed E-state index contributed by atoms with van der Waals surface area (Å²) in [6, 6.07) is 21.3. The summed E-state index contributed by atoms with van der Waals surface area (Å²) in [5.41, 5.74) is 2.39. The molecule has 0 unspecified atom stereocenters. The first-order chi connectivity index (χ1) is 17.5. The standard InChI is InChI=1S/C29H33ClN2O4/c1-4-5-17-31-29(34)28(23-9-7-6-8-10-23)32(20-21-11-14-24(30)15-12-21)27(33)19-22-13-16-25(35-2)26(18-22)36-3/h6-16,18,28H,4-5,17,19-20H2,1-3H3,(H,31,34)/t28-/m1/s1. The fourth-order valence-corrected chi connectivity index (χ4v) is 4.10. The Morgan fingerprint density at radius 3 is 2.22 bits per heavy atom. The van der Waals surface area contributed by atoms with Gasteiger partial charge in [0.25, 0.3) is 0 Å². The van der Waals surface area contributed by atoms with Crippen LogP contribution in [0.15, 0.2) is 72.8 Å². The maximum atomic E-state index is 13.8. The molecule has 1 N–H and O–H groups in total. The van der Waals surface area contributed by atoms with Crippen molar-refractivity contribution in [2.45, 2.75) is 38.8 Å². The lowest BCUT2D eigenvalue weighted by molar-refractivity contribution is -0.141. The minimum absolute atomic E-state index is 0.0967. The molecule has 0 saturated heterocycles. The van der Waals surface area contributed by atoms with Crippen molar-refractivity contribution in [2.24, 2.45) is 0 Å². The highest BCUT2D eigenvalue weighted by molar-refractivity contribution is 6.30. The number of nitrogens with zero attached hydrogens (tertiary/aromatic N) is 1. The summed E-state index contributed by atoms with van der Waals surface area (Å²) < 4.78 is 10.7. The van der Waals surface area contributed by atoms with Gasteiger partial charge < -0.3 is 19.7 Å². The summed E-state index contributed by atoms with van der Waals surface area (Å²) in [6.07, 6.45) is 1.92. The van der Waals surface area contributed by atoms with Gasteiger partial charge in [-0.25, -0.2) is 0 Å². The first-order valence-electron chi connectivity index (χ1n) is 12.0. The number of nitrogens with one attached hydrogen (secondary N) is 1. The smallest absolute Gasteiger partial charge is 0.247 e. The average molecular weight is 509 g/mol. The highest BCUT2D eigenvalue weighted by Crippen LogP contribution is 2.29. The number of halogens is 1. The summed E-state index contributed by atoms with van der Waals surface area (Å²) in [7, 11) is 3.13. The van der Waals surface area contributed by atoms with E-state index in [4.69, 9.17) is 21.1 Å². The number of methoxy groups -OCH3 is 2. The minimum Gasteiger partial charge on any atom is -0.493 e. The number of hydrogen-bond acceptors (Lipinski definition) is 4. The van der Waals surface area contributed by atoms with Crippen LogP contribution in [0.3, 0.4) is 0 Å². The van der Waals surface area contributed by atoms with Gasteiger partial charge >= 0.3 is 0 Å². The molecule has 0 aliphatic heterocycles. The van der Waals surface area contributed by atoms with Crippen LogP contribution in [0.2, 0.25) is 5.02 Å². The highest BCUT2D eigenvalue weighted by atomic mass is 35.5. The van der Waals surface area contributed by atoms with E-state index in [1.54, 1.807) is 43.4 Å². The van der Waals surface area contributed by atoms with Crippen molar-refractivity contribution in [1.29, 1.82) is 0 Å². The lowest BCUT2D eigenvalue weighted by Crippen LogP contribution is -2.44. The van der Waals surface area contributed by atoms with E-state index in [1.165, 1.54) is 0 Å². The van der Waals surface area contributed by atoms with Crippen LogP contribution in [0.5, 0.6) is 11.5 Å². The van der Waals surface area contributed by atoms with Crippen molar-refractivity contribution in [3.63, 3.8) is 0 Å². The minimum atomic E-state index is -0.786. The van der Waals surface area contributed by atoms with Gasteiger partial charge in [0.05, 0.1) is 20.6 Å². The molecule has 2 amide bonds. The first kappa shape index (κ1) is 27.1. The second kappa shape index (κ2) is 13.5. The van der Waals surface area contributed by atoms with E-state index in [0.717, 1.165) is 29.5 Å². The molecule has 6 nitrogen and oxygen atoms in total. The lowest BCUT2D eigenvalue weighted by Gasteiger charge is -2.32. The molecule has 0 saturated carbocycles. The topological polar surface area (TPSA) is 67.9 Å². The third kappa shape index (κ3) is 7.25. The van der Waals surface area contributed by atoms with Gasteiger partial charge in [0, 0.05) is 18.1 Å². The average Bonchev–Trinajstić information content (AvgIpc) is 2.90. The number of carbonyl (C=O) groups is 2.